The summed E-state index contributed by atoms with van der Waals surface area (Å²) in [4.78, 5) is 2.14. The minimum Gasteiger partial charge on any atom is -0.382 e. The lowest BCUT2D eigenvalue weighted by Crippen LogP contribution is -2.25. The van der Waals surface area contributed by atoms with Crippen molar-refractivity contribution in [2.45, 2.75) is 31.7 Å². The lowest BCUT2D eigenvalue weighted by molar-refractivity contribution is 0.586. The Labute approximate surface area is 152 Å². The van der Waals surface area contributed by atoms with Crippen LogP contribution in [0.4, 0.5) is 11.4 Å². The molecule has 0 radical (unpaired) electrons. The van der Waals surface area contributed by atoms with Gasteiger partial charge < -0.3 is 10.2 Å². The number of rotatable bonds is 4. The summed E-state index contributed by atoms with van der Waals surface area (Å²) in [5.41, 5.74) is 5.49. The van der Waals surface area contributed by atoms with Gasteiger partial charge in [-0.1, -0.05) is 30.3 Å². The summed E-state index contributed by atoms with van der Waals surface area (Å²) >= 11 is 0. The maximum Gasteiger partial charge on any atom is 0.0374 e. The van der Waals surface area contributed by atoms with Crippen LogP contribution in [-0.2, 0) is 12.8 Å². The van der Waals surface area contributed by atoms with Crippen LogP contribution in [0.1, 0.15) is 24.0 Å². The van der Waals surface area contributed by atoms with Crippen molar-refractivity contribution in [3.63, 3.8) is 0 Å². The van der Waals surface area contributed by atoms with E-state index in [0.717, 1.165) is 6.42 Å². The topological polar surface area (TPSA) is 15.3 Å². The van der Waals surface area contributed by atoms with Crippen molar-refractivity contribution in [2.24, 2.45) is 0 Å². The number of nitrogens with one attached hydrogen (secondary N) is 1. The molecule has 1 aliphatic heterocycles. The average Bonchev–Trinajstić information content (AvgIpc) is 2.53. The second-order valence-electron chi connectivity index (χ2n) is 6.14. The highest BCUT2D eigenvalue weighted by atomic mass is 35.5. The summed E-state index contributed by atoms with van der Waals surface area (Å²) in [6.45, 7) is 0. The van der Waals surface area contributed by atoms with Gasteiger partial charge in [0.15, 0.2) is 0 Å². The van der Waals surface area contributed by atoms with Gasteiger partial charge in [0, 0.05) is 31.5 Å². The first kappa shape index (κ1) is 19.7. The maximum atomic E-state index is 3.69. The fourth-order valence-corrected chi connectivity index (χ4v) is 3.02. The first-order valence-corrected chi connectivity index (χ1v) is 7.83. The molecule has 4 heteroatoms. The molecule has 1 heterocycles. The van der Waals surface area contributed by atoms with E-state index in [1.54, 1.807) is 0 Å². The van der Waals surface area contributed by atoms with Gasteiger partial charge >= 0.3 is 0 Å². The van der Waals surface area contributed by atoms with Gasteiger partial charge in [-0.3, -0.25) is 0 Å². The van der Waals surface area contributed by atoms with E-state index in [1.165, 1.54) is 41.8 Å². The summed E-state index contributed by atoms with van der Waals surface area (Å²) in [5, 5.41) is 3.69. The predicted molar refractivity (Wildman–Crippen MR) is 106 cm³/mol. The number of para-hydroxylation sites is 1. The fraction of sp³-hybridized carbons (Fsp3) is 0.368. The van der Waals surface area contributed by atoms with Crippen LogP contribution in [0.5, 0.6) is 0 Å². The van der Waals surface area contributed by atoms with Crippen LogP contribution in [0, 0.1) is 0 Å². The predicted octanol–water partition coefficient (Wildman–Crippen LogP) is 4.96. The van der Waals surface area contributed by atoms with Gasteiger partial charge in [-0.15, -0.1) is 24.8 Å². The Morgan fingerprint density at radius 3 is 2.39 bits per heavy atom. The average molecular weight is 353 g/mol. The number of halogens is 2. The van der Waals surface area contributed by atoms with Crippen molar-refractivity contribution >= 4 is 36.2 Å². The summed E-state index contributed by atoms with van der Waals surface area (Å²) < 4.78 is 0. The van der Waals surface area contributed by atoms with Crippen molar-refractivity contribution in [3.05, 3.63) is 59.7 Å². The van der Waals surface area contributed by atoms with Gasteiger partial charge in [-0.25, -0.2) is 0 Å². The summed E-state index contributed by atoms with van der Waals surface area (Å²) in [6, 6.07) is 18.2. The molecule has 0 aromatic heterocycles. The highest BCUT2D eigenvalue weighted by Crippen LogP contribution is 2.26. The zero-order valence-electron chi connectivity index (χ0n) is 13.8. The Balaban J connectivity index is 0.00000132. The van der Waals surface area contributed by atoms with Gasteiger partial charge in [-0.2, -0.15) is 0 Å². The Kier molecular flexibility index (Phi) is 7.74. The van der Waals surface area contributed by atoms with E-state index in [2.05, 4.69) is 72.8 Å². The van der Waals surface area contributed by atoms with Gasteiger partial charge in [-0.05, 0) is 55.0 Å². The molecule has 23 heavy (non-hydrogen) atoms. The van der Waals surface area contributed by atoms with E-state index >= 15 is 0 Å². The number of hydrogen-bond acceptors (Lipinski definition) is 2. The highest BCUT2D eigenvalue weighted by molar-refractivity contribution is 5.85. The van der Waals surface area contributed by atoms with Crippen molar-refractivity contribution in [1.82, 2.24) is 0 Å². The Morgan fingerprint density at radius 2 is 1.70 bits per heavy atom. The van der Waals surface area contributed by atoms with Crippen molar-refractivity contribution < 1.29 is 0 Å². The van der Waals surface area contributed by atoms with Crippen LogP contribution in [-0.4, -0.2) is 20.1 Å². The third-order valence-corrected chi connectivity index (χ3v) is 4.37. The van der Waals surface area contributed by atoms with E-state index in [4.69, 9.17) is 0 Å². The minimum atomic E-state index is 0. The number of nitrogens with zero attached hydrogens (tertiary/aromatic N) is 1. The molecule has 1 unspecified atom stereocenters. The molecule has 2 nitrogen and oxygen atoms in total. The smallest absolute Gasteiger partial charge is 0.0374 e. The minimum absolute atomic E-state index is 0. The van der Waals surface area contributed by atoms with Gasteiger partial charge in [0.25, 0.3) is 0 Å². The molecule has 0 saturated carbocycles. The number of aryl methyl sites for hydroxylation is 2. The molecule has 0 spiro atoms. The van der Waals surface area contributed by atoms with Crippen LogP contribution in [0.2, 0.25) is 0 Å². The summed E-state index contributed by atoms with van der Waals surface area (Å²) in [5.74, 6) is 0. The van der Waals surface area contributed by atoms with Gasteiger partial charge in [0.1, 0.15) is 0 Å². The molecule has 0 fully saturated rings. The van der Waals surface area contributed by atoms with Crippen LogP contribution in [0.25, 0.3) is 0 Å². The molecule has 0 amide bonds. The second-order valence-corrected chi connectivity index (χ2v) is 6.14. The van der Waals surface area contributed by atoms with Crippen molar-refractivity contribution in [3.8, 4) is 0 Å². The molecule has 0 saturated heterocycles. The van der Waals surface area contributed by atoms with E-state index in [-0.39, 0.29) is 24.8 Å². The molecular formula is C19H26Cl2N2. The van der Waals surface area contributed by atoms with E-state index < -0.39 is 0 Å². The van der Waals surface area contributed by atoms with E-state index in [0.29, 0.717) is 6.04 Å². The molecule has 2 aromatic carbocycles. The summed E-state index contributed by atoms with van der Waals surface area (Å²) in [6.07, 6.45) is 4.80. The lowest BCUT2D eigenvalue weighted by Gasteiger charge is -2.27. The molecule has 0 bridgehead atoms. The molecule has 1 atom stereocenters. The van der Waals surface area contributed by atoms with Gasteiger partial charge in [0.05, 0.1) is 0 Å². The second kappa shape index (κ2) is 9.05. The van der Waals surface area contributed by atoms with Crippen LogP contribution in [0.3, 0.4) is 0 Å². The lowest BCUT2D eigenvalue weighted by atomic mass is 9.94. The standard InChI is InChI=1S/C19H24N2.2ClH/c1-21(2)18-13-8-15(9-14-18)7-11-17-12-10-16-5-3-4-6-19(16)20-17;;/h3-6,8-9,13-14,17,20H,7,10-12H2,1-2H3;2*1H. The Morgan fingerprint density at radius 1 is 1.00 bits per heavy atom. The number of fused-ring (bicyclic) bond motifs is 1. The number of hydrogen-bond donors (Lipinski definition) is 1. The molecule has 0 aliphatic carbocycles. The molecule has 2 aromatic rings. The number of anilines is 2. The zero-order chi connectivity index (χ0) is 14.7. The van der Waals surface area contributed by atoms with Crippen molar-refractivity contribution in [1.29, 1.82) is 0 Å². The van der Waals surface area contributed by atoms with Crippen molar-refractivity contribution in [2.75, 3.05) is 24.3 Å². The molecule has 1 N–H and O–H groups in total. The first-order chi connectivity index (χ1) is 10.2. The van der Waals surface area contributed by atoms with Gasteiger partial charge in [0.2, 0.25) is 0 Å². The fourth-order valence-electron chi connectivity index (χ4n) is 3.02. The van der Waals surface area contributed by atoms with E-state index in [1.807, 2.05) is 0 Å². The molecule has 126 valence electrons. The SMILES string of the molecule is CN(C)c1ccc(CCC2CCc3ccccc3N2)cc1.Cl.Cl. The number of benzene rings is 2. The van der Waals surface area contributed by atoms with Crippen LogP contribution < -0.4 is 10.2 Å². The Hall–Kier alpha value is -1.38. The monoisotopic (exact) mass is 352 g/mol. The molecule has 1 aliphatic rings. The summed E-state index contributed by atoms with van der Waals surface area (Å²) in [7, 11) is 4.16. The first-order valence-electron chi connectivity index (χ1n) is 7.83. The maximum absolute atomic E-state index is 3.69. The van der Waals surface area contributed by atoms with E-state index in [9.17, 15) is 0 Å². The normalized spacial score (nSPS) is 15.5. The quantitative estimate of drug-likeness (QED) is 0.836. The third-order valence-electron chi connectivity index (χ3n) is 4.37. The van der Waals surface area contributed by atoms with Crippen LogP contribution in [0.15, 0.2) is 48.5 Å². The molecular weight excluding hydrogens is 327 g/mol. The third kappa shape index (κ3) is 5.05. The Bertz CT molecular complexity index is 597. The highest BCUT2D eigenvalue weighted by Gasteiger charge is 2.16. The van der Waals surface area contributed by atoms with Crippen LogP contribution >= 0.6 is 24.8 Å². The molecule has 3 rings (SSSR count). The largest absolute Gasteiger partial charge is 0.382 e. The zero-order valence-corrected chi connectivity index (χ0v) is 15.4.